The number of hydrogen-bond donors (Lipinski definition) is 1. The zero-order valence-electron chi connectivity index (χ0n) is 17.1. The molecule has 156 valence electrons. The molecule has 0 aliphatic carbocycles. The van der Waals surface area contributed by atoms with Crippen LogP contribution in [0.25, 0.3) is 0 Å². The molecule has 0 fully saturated rings. The average molecular weight is 424 g/mol. The zero-order valence-corrected chi connectivity index (χ0v) is 17.9. The maximum absolute atomic E-state index is 13.3. The maximum Gasteiger partial charge on any atom is 0.264 e. The first kappa shape index (κ1) is 21.5. The van der Waals surface area contributed by atoms with Crippen LogP contribution in [0.15, 0.2) is 77.8 Å². The van der Waals surface area contributed by atoms with Crippen LogP contribution in [0.5, 0.6) is 0 Å². The number of benzene rings is 2. The predicted molar refractivity (Wildman–Crippen MR) is 118 cm³/mol. The fourth-order valence-electron chi connectivity index (χ4n) is 2.92. The number of hydrogen-bond acceptors (Lipinski definition) is 4. The van der Waals surface area contributed by atoms with Crippen molar-refractivity contribution in [1.82, 2.24) is 10.3 Å². The number of sulfonamides is 1. The number of nitrogens with one attached hydrogen (secondary N) is 1. The Morgan fingerprint density at radius 3 is 2.17 bits per heavy atom. The van der Waals surface area contributed by atoms with Crippen LogP contribution in [-0.2, 0) is 21.4 Å². The highest BCUT2D eigenvalue weighted by molar-refractivity contribution is 7.92. The highest BCUT2D eigenvalue weighted by Gasteiger charge is 2.25. The van der Waals surface area contributed by atoms with Gasteiger partial charge in [-0.25, -0.2) is 8.42 Å². The molecule has 0 aliphatic heterocycles. The van der Waals surface area contributed by atoms with E-state index in [1.807, 2.05) is 38.1 Å². The summed E-state index contributed by atoms with van der Waals surface area (Å²) in [6.07, 6.45) is 1.70. The molecule has 2 aromatic carbocycles. The van der Waals surface area contributed by atoms with Crippen LogP contribution < -0.4 is 9.62 Å². The monoisotopic (exact) mass is 423 g/mol. The molecule has 3 aromatic rings. The van der Waals surface area contributed by atoms with Gasteiger partial charge in [0.05, 0.1) is 22.8 Å². The first-order valence-electron chi connectivity index (χ1n) is 9.69. The lowest BCUT2D eigenvalue weighted by molar-refractivity contribution is -0.121. The number of anilines is 1. The lowest BCUT2D eigenvalue weighted by atomic mass is 10.2. The van der Waals surface area contributed by atoms with E-state index in [1.54, 1.807) is 48.7 Å². The second-order valence-corrected chi connectivity index (χ2v) is 8.94. The van der Waals surface area contributed by atoms with Gasteiger partial charge in [-0.05, 0) is 50.2 Å². The molecular weight excluding hydrogens is 398 g/mol. The molecule has 30 heavy (non-hydrogen) atoms. The summed E-state index contributed by atoms with van der Waals surface area (Å²) in [6.45, 7) is 4.18. The van der Waals surface area contributed by atoms with Gasteiger partial charge >= 0.3 is 0 Å². The van der Waals surface area contributed by atoms with Crippen LogP contribution in [0, 0.1) is 13.8 Å². The molecular formula is C23H25N3O3S. The number of pyridine rings is 1. The lowest BCUT2D eigenvalue weighted by Crippen LogP contribution is -2.35. The topological polar surface area (TPSA) is 79.4 Å². The molecule has 3 rings (SSSR count). The van der Waals surface area contributed by atoms with Gasteiger partial charge in [0.25, 0.3) is 10.0 Å². The Kier molecular flexibility index (Phi) is 6.84. The number of aryl methyl sites for hydroxylation is 2. The molecule has 7 heteroatoms. The van der Waals surface area contributed by atoms with Gasteiger partial charge in [-0.1, -0.05) is 41.5 Å². The third-order valence-electron chi connectivity index (χ3n) is 4.67. The third-order valence-corrected chi connectivity index (χ3v) is 6.51. The van der Waals surface area contributed by atoms with Gasteiger partial charge in [0.15, 0.2) is 0 Å². The normalized spacial score (nSPS) is 11.1. The van der Waals surface area contributed by atoms with Crippen LogP contribution in [0.4, 0.5) is 5.69 Å². The smallest absolute Gasteiger partial charge is 0.264 e. The average Bonchev–Trinajstić information content (AvgIpc) is 2.74. The highest BCUT2D eigenvalue weighted by atomic mass is 32.2. The molecule has 0 aliphatic rings. The van der Waals surface area contributed by atoms with E-state index in [-0.39, 0.29) is 23.8 Å². The molecule has 0 radical (unpaired) electrons. The highest BCUT2D eigenvalue weighted by Crippen LogP contribution is 2.24. The number of aromatic nitrogens is 1. The molecule has 0 bridgehead atoms. The number of nitrogens with zero attached hydrogens (tertiary/aromatic N) is 2. The SMILES string of the molecule is Cc1ccc(N(CCC(=O)NCc2ccccn2)S(=O)(=O)c2ccc(C)cc2)cc1. The van der Waals surface area contributed by atoms with Gasteiger partial charge in [-0.3, -0.25) is 14.1 Å². The Hall–Kier alpha value is -3.19. The van der Waals surface area contributed by atoms with E-state index >= 15 is 0 Å². The number of carbonyl (C=O) groups excluding carboxylic acids is 1. The van der Waals surface area contributed by atoms with Crippen molar-refractivity contribution in [2.75, 3.05) is 10.8 Å². The van der Waals surface area contributed by atoms with Crippen molar-refractivity contribution in [2.24, 2.45) is 0 Å². The minimum atomic E-state index is -3.81. The summed E-state index contributed by atoms with van der Waals surface area (Å²) in [5.74, 6) is -0.239. The third kappa shape index (κ3) is 5.45. The molecule has 1 N–H and O–H groups in total. The second-order valence-electron chi connectivity index (χ2n) is 7.07. The summed E-state index contributed by atoms with van der Waals surface area (Å²) in [5, 5.41) is 2.79. The van der Waals surface area contributed by atoms with E-state index in [2.05, 4.69) is 10.3 Å². The van der Waals surface area contributed by atoms with Crippen molar-refractivity contribution in [3.63, 3.8) is 0 Å². The standard InChI is InChI=1S/C23H25N3O3S/c1-18-6-10-21(11-7-18)26(30(28,29)22-12-8-19(2)9-13-22)16-14-23(27)25-17-20-5-3-4-15-24-20/h3-13,15H,14,16-17H2,1-2H3,(H,25,27). The van der Waals surface area contributed by atoms with Gasteiger partial charge in [-0.15, -0.1) is 0 Å². The quantitative estimate of drug-likeness (QED) is 0.600. The van der Waals surface area contributed by atoms with E-state index in [4.69, 9.17) is 0 Å². The fourth-order valence-corrected chi connectivity index (χ4v) is 4.39. The van der Waals surface area contributed by atoms with Crippen LogP contribution in [0.3, 0.4) is 0 Å². The molecule has 1 heterocycles. The van der Waals surface area contributed by atoms with Crippen molar-refractivity contribution in [3.8, 4) is 0 Å². The number of amides is 1. The second kappa shape index (κ2) is 9.54. The summed E-state index contributed by atoms with van der Waals surface area (Å²) in [5.41, 5.74) is 3.27. The molecule has 0 saturated carbocycles. The van der Waals surface area contributed by atoms with E-state index < -0.39 is 10.0 Å². The van der Waals surface area contributed by atoms with Gasteiger partial charge in [0, 0.05) is 19.2 Å². The van der Waals surface area contributed by atoms with Crippen molar-refractivity contribution in [1.29, 1.82) is 0 Å². The number of carbonyl (C=O) groups is 1. The molecule has 0 saturated heterocycles. The first-order chi connectivity index (χ1) is 14.4. The largest absolute Gasteiger partial charge is 0.350 e. The van der Waals surface area contributed by atoms with Crippen LogP contribution in [0.2, 0.25) is 0 Å². The first-order valence-corrected chi connectivity index (χ1v) is 11.1. The Morgan fingerprint density at radius 1 is 0.933 bits per heavy atom. The Bertz CT molecular complexity index is 1080. The van der Waals surface area contributed by atoms with E-state index in [0.29, 0.717) is 12.2 Å². The van der Waals surface area contributed by atoms with Gasteiger partial charge in [0.2, 0.25) is 5.91 Å². The lowest BCUT2D eigenvalue weighted by Gasteiger charge is -2.24. The minimum Gasteiger partial charge on any atom is -0.350 e. The Labute approximate surface area is 177 Å². The van der Waals surface area contributed by atoms with Crippen molar-refractivity contribution >= 4 is 21.6 Å². The van der Waals surface area contributed by atoms with Gasteiger partial charge in [-0.2, -0.15) is 0 Å². The van der Waals surface area contributed by atoms with Gasteiger partial charge < -0.3 is 5.32 Å². The maximum atomic E-state index is 13.3. The molecule has 0 spiro atoms. The summed E-state index contributed by atoms with van der Waals surface area (Å²) < 4.78 is 27.9. The van der Waals surface area contributed by atoms with Crippen molar-refractivity contribution < 1.29 is 13.2 Å². The fraction of sp³-hybridized carbons (Fsp3) is 0.217. The van der Waals surface area contributed by atoms with Crippen LogP contribution in [-0.4, -0.2) is 25.9 Å². The molecule has 0 unspecified atom stereocenters. The Morgan fingerprint density at radius 2 is 1.57 bits per heavy atom. The molecule has 6 nitrogen and oxygen atoms in total. The summed E-state index contributed by atoms with van der Waals surface area (Å²) in [6, 6.07) is 19.4. The van der Waals surface area contributed by atoms with Crippen molar-refractivity contribution in [2.45, 2.75) is 31.7 Å². The van der Waals surface area contributed by atoms with E-state index in [1.165, 1.54) is 4.31 Å². The van der Waals surface area contributed by atoms with Crippen molar-refractivity contribution in [3.05, 3.63) is 89.7 Å². The van der Waals surface area contributed by atoms with E-state index in [0.717, 1.165) is 16.8 Å². The van der Waals surface area contributed by atoms with Crippen LogP contribution >= 0.6 is 0 Å². The molecule has 1 amide bonds. The molecule has 1 aromatic heterocycles. The summed E-state index contributed by atoms with van der Waals surface area (Å²) in [4.78, 5) is 16.7. The van der Waals surface area contributed by atoms with E-state index in [9.17, 15) is 13.2 Å². The number of rotatable bonds is 8. The summed E-state index contributed by atoms with van der Waals surface area (Å²) >= 11 is 0. The van der Waals surface area contributed by atoms with Gasteiger partial charge in [0.1, 0.15) is 0 Å². The van der Waals surface area contributed by atoms with Crippen LogP contribution in [0.1, 0.15) is 23.2 Å². The molecule has 0 atom stereocenters. The summed E-state index contributed by atoms with van der Waals surface area (Å²) in [7, 11) is -3.81. The minimum absolute atomic E-state index is 0.0335. The zero-order chi connectivity index (χ0) is 21.6. The Balaban J connectivity index is 1.77. The predicted octanol–water partition coefficient (Wildman–Crippen LogP) is 3.60.